The van der Waals surface area contributed by atoms with E-state index in [0.29, 0.717) is 19.3 Å². The zero-order chi connectivity index (χ0) is 11.5. The van der Waals surface area contributed by atoms with Crippen molar-refractivity contribution in [2.75, 3.05) is 0 Å². The topological polar surface area (TPSA) is 49.3 Å². The van der Waals surface area contributed by atoms with E-state index in [1.54, 1.807) is 0 Å². The fraction of sp³-hybridized carbons (Fsp3) is 0.462. The molecule has 1 amide bonds. The average Bonchev–Trinajstić information content (AvgIpc) is 2.19. The van der Waals surface area contributed by atoms with Gasteiger partial charge >= 0.3 is 0 Å². The monoisotopic (exact) mass is 219 g/mol. The number of aryl methyl sites for hydroxylation is 1. The molecule has 1 aromatic carbocycles. The van der Waals surface area contributed by atoms with Crippen molar-refractivity contribution in [1.82, 2.24) is 5.32 Å². The Hall–Kier alpha value is -1.35. The Morgan fingerprint density at radius 3 is 2.56 bits per heavy atom. The maximum absolute atomic E-state index is 11.6. The van der Waals surface area contributed by atoms with Crippen LogP contribution in [0.1, 0.15) is 24.0 Å². The lowest BCUT2D eigenvalue weighted by atomic mass is 9.89. The molecular formula is C13H17NO2. The average molecular weight is 219 g/mol. The highest BCUT2D eigenvalue weighted by atomic mass is 16.3. The van der Waals surface area contributed by atoms with Gasteiger partial charge in [0.25, 0.3) is 0 Å². The molecule has 0 heterocycles. The molecular weight excluding hydrogens is 202 g/mol. The molecule has 0 unspecified atom stereocenters. The minimum Gasteiger partial charge on any atom is -0.393 e. The third-order valence-electron chi connectivity index (χ3n) is 2.96. The van der Waals surface area contributed by atoms with Crippen molar-refractivity contribution in [2.24, 2.45) is 0 Å². The Morgan fingerprint density at radius 2 is 2.00 bits per heavy atom. The molecule has 2 rings (SSSR count). The van der Waals surface area contributed by atoms with Gasteiger partial charge in [-0.3, -0.25) is 4.79 Å². The molecule has 0 aromatic heterocycles. The normalized spacial score (nSPS) is 23.6. The van der Waals surface area contributed by atoms with Crippen molar-refractivity contribution in [3.63, 3.8) is 0 Å². The number of hydrogen-bond acceptors (Lipinski definition) is 2. The lowest BCUT2D eigenvalue weighted by molar-refractivity contribution is -0.122. The van der Waals surface area contributed by atoms with Gasteiger partial charge in [0.1, 0.15) is 0 Å². The number of aliphatic hydroxyl groups excluding tert-OH is 1. The van der Waals surface area contributed by atoms with Gasteiger partial charge in [-0.2, -0.15) is 0 Å². The first-order chi connectivity index (χ1) is 7.63. The van der Waals surface area contributed by atoms with Gasteiger partial charge < -0.3 is 10.4 Å². The zero-order valence-corrected chi connectivity index (χ0v) is 9.44. The van der Waals surface area contributed by atoms with Gasteiger partial charge in [-0.15, -0.1) is 0 Å². The lowest BCUT2D eigenvalue weighted by Crippen LogP contribution is -2.47. The summed E-state index contributed by atoms with van der Waals surface area (Å²) in [6, 6.07) is 8.15. The van der Waals surface area contributed by atoms with Gasteiger partial charge in [-0.05, 0) is 25.3 Å². The first-order valence-corrected chi connectivity index (χ1v) is 5.66. The summed E-state index contributed by atoms with van der Waals surface area (Å²) in [5.74, 6) is 0.0424. The second kappa shape index (κ2) is 4.66. The SMILES string of the molecule is Cc1ccc(CC(=O)NC2CC(O)C2)cc1. The molecule has 16 heavy (non-hydrogen) atoms. The van der Waals surface area contributed by atoms with Crippen molar-refractivity contribution in [1.29, 1.82) is 0 Å². The number of carbonyl (C=O) groups excluding carboxylic acids is 1. The van der Waals surface area contributed by atoms with E-state index in [1.165, 1.54) is 5.56 Å². The molecule has 86 valence electrons. The molecule has 3 heteroatoms. The third-order valence-corrected chi connectivity index (χ3v) is 2.96. The van der Waals surface area contributed by atoms with Gasteiger partial charge in [0.2, 0.25) is 5.91 Å². The Labute approximate surface area is 95.5 Å². The van der Waals surface area contributed by atoms with Crippen LogP contribution < -0.4 is 5.32 Å². The maximum Gasteiger partial charge on any atom is 0.224 e. The van der Waals surface area contributed by atoms with E-state index in [0.717, 1.165) is 5.56 Å². The van der Waals surface area contributed by atoms with Crippen molar-refractivity contribution in [3.05, 3.63) is 35.4 Å². The standard InChI is InChI=1S/C13H17NO2/c1-9-2-4-10(5-3-9)6-13(16)14-11-7-12(15)8-11/h2-5,11-12,15H,6-8H2,1H3,(H,14,16). The molecule has 0 radical (unpaired) electrons. The van der Waals surface area contributed by atoms with E-state index in [2.05, 4.69) is 5.32 Å². The van der Waals surface area contributed by atoms with E-state index in [9.17, 15) is 4.79 Å². The second-order valence-corrected chi connectivity index (χ2v) is 4.55. The molecule has 1 saturated carbocycles. The van der Waals surface area contributed by atoms with Crippen LogP contribution in [-0.2, 0) is 11.2 Å². The number of nitrogens with one attached hydrogen (secondary N) is 1. The molecule has 2 N–H and O–H groups in total. The Balaban J connectivity index is 1.80. The number of hydrogen-bond donors (Lipinski definition) is 2. The van der Waals surface area contributed by atoms with Gasteiger partial charge in [-0.25, -0.2) is 0 Å². The highest BCUT2D eigenvalue weighted by Crippen LogP contribution is 2.19. The van der Waals surface area contributed by atoms with Gasteiger partial charge in [0.05, 0.1) is 12.5 Å². The number of rotatable bonds is 3. The van der Waals surface area contributed by atoms with Crippen LogP contribution in [0.3, 0.4) is 0 Å². The molecule has 3 nitrogen and oxygen atoms in total. The number of benzene rings is 1. The summed E-state index contributed by atoms with van der Waals surface area (Å²) in [6.07, 6.45) is 1.59. The van der Waals surface area contributed by atoms with Crippen LogP contribution in [0.15, 0.2) is 24.3 Å². The molecule has 1 aliphatic rings. The summed E-state index contributed by atoms with van der Waals surface area (Å²) in [6.45, 7) is 2.03. The fourth-order valence-corrected chi connectivity index (χ4v) is 1.88. The Morgan fingerprint density at radius 1 is 1.38 bits per heavy atom. The summed E-state index contributed by atoms with van der Waals surface area (Å²) >= 11 is 0. The fourth-order valence-electron chi connectivity index (χ4n) is 1.88. The van der Waals surface area contributed by atoms with Crippen LogP contribution in [-0.4, -0.2) is 23.2 Å². The smallest absolute Gasteiger partial charge is 0.224 e. The highest BCUT2D eigenvalue weighted by Gasteiger charge is 2.28. The summed E-state index contributed by atoms with van der Waals surface area (Å²) in [5.41, 5.74) is 2.23. The van der Waals surface area contributed by atoms with Crippen molar-refractivity contribution < 1.29 is 9.90 Å². The molecule has 0 aliphatic heterocycles. The van der Waals surface area contributed by atoms with Gasteiger partial charge in [0.15, 0.2) is 0 Å². The summed E-state index contributed by atoms with van der Waals surface area (Å²) < 4.78 is 0. The van der Waals surface area contributed by atoms with Gasteiger partial charge in [0, 0.05) is 6.04 Å². The van der Waals surface area contributed by atoms with E-state index >= 15 is 0 Å². The van der Waals surface area contributed by atoms with Crippen LogP contribution in [0.4, 0.5) is 0 Å². The molecule has 1 aromatic rings. The van der Waals surface area contributed by atoms with Gasteiger partial charge in [-0.1, -0.05) is 29.8 Å². The number of carbonyl (C=O) groups is 1. The predicted octanol–water partition coefficient (Wildman–Crippen LogP) is 1.18. The number of aliphatic hydroxyl groups is 1. The summed E-state index contributed by atoms with van der Waals surface area (Å²) in [4.78, 5) is 11.6. The third kappa shape index (κ3) is 2.83. The maximum atomic E-state index is 11.6. The van der Waals surface area contributed by atoms with E-state index < -0.39 is 0 Å². The largest absolute Gasteiger partial charge is 0.393 e. The molecule has 1 fully saturated rings. The Bertz CT molecular complexity index is 366. The highest BCUT2D eigenvalue weighted by molar-refractivity contribution is 5.79. The van der Waals surface area contributed by atoms with Crippen LogP contribution in [0.2, 0.25) is 0 Å². The summed E-state index contributed by atoms with van der Waals surface area (Å²) in [7, 11) is 0. The molecule has 0 saturated heterocycles. The van der Waals surface area contributed by atoms with Crippen LogP contribution >= 0.6 is 0 Å². The van der Waals surface area contributed by atoms with Crippen LogP contribution in [0.25, 0.3) is 0 Å². The molecule has 0 bridgehead atoms. The van der Waals surface area contributed by atoms with E-state index in [-0.39, 0.29) is 18.1 Å². The second-order valence-electron chi connectivity index (χ2n) is 4.55. The lowest BCUT2D eigenvalue weighted by Gasteiger charge is -2.31. The minimum absolute atomic E-state index is 0.0424. The molecule has 0 atom stereocenters. The van der Waals surface area contributed by atoms with Crippen molar-refractivity contribution in [2.45, 2.75) is 38.3 Å². The van der Waals surface area contributed by atoms with Crippen molar-refractivity contribution in [3.8, 4) is 0 Å². The molecule has 0 spiro atoms. The first kappa shape index (κ1) is 11.1. The first-order valence-electron chi connectivity index (χ1n) is 5.66. The quantitative estimate of drug-likeness (QED) is 0.802. The van der Waals surface area contributed by atoms with Crippen LogP contribution in [0, 0.1) is 6.92 Å². The Kier molecular flexibility index (Phi) is 3.25. The van der Waals surface area contributed by atoms with Crippen LogP contribution in [0.5, 0.6) is 0 Å². The van der Waals surface area contributed by atoms with Crippen molar-refractivity contribution >= 4 is 5.91 Å². The zero-order valence-electron chi connectivity index (χ0n) is 9.44. The number of amides is 1. The van der Waals surface area contributed by atoms with E-state index in [1.807, 2.05) is 31.2 Å². The predicted molar refractivity (Wildman–Crippen MR) is 62.1 cm³/mol. The molecule has 1 aliphatic carbocycles. The minimum atomic E-state index is -0.218. The van der Waals surface area contributed by atoms with E-state index in [4.69, 9.17) is 5.11 Å². The summed E-state index contributed by atoms with van der Waals surface area (Å²) in [5, 5.41) is 12.0.